The number of hydrogen-bond acceptors (Lipinski definition) is 6. The van der Waals surface area contributed by atoms with Crippen molar-refractivity contribution in [2.75, 3.05) is 20.2 Å². The predicted octanol–water partition coefficient (Wildman–Crippen LogP) is 2.29. The van der Waals surface area contributed by atoms with Crippen LogP contribution in [0.15, 0.2) is 23.1 Å². The van der Waals surface area contributed by atoms with Crippen LogP contribution in [0.5, 0.6) is 0 Å². The summed E-state index contributed by atoms with van der Waals surface area (Å²) in [6.45, 7) is 5.61. The molecule has 28 heavy (non-hydrogen) atoms. The highest BCUT2D eigenvalue weighted by Gasteiger charge is 2.31. The van der Waals surface area contributed by atoms with Crippen LogP contribution in [0.4, 0.5) is 9.18 Å². The molecule has 0 unspecified atom stereocenters. The van der Waals surface area contributed by atoms with E-state index in [0.29, 0.717) is 12.8 Å². The number of alkyl carbamates (subject to hydrolysis) is 1. The first-order valence-electron chi connectivity index (χ1n) is 8.81. The molecule has 0 bridgehead atoms. The third kappa shape index (κ3) is 5.41. The van der Waals surface area contributed by atoms with Gasteiger partial charge in [0.05, 0.1) is 17.6 Å². The Labute approximate surface area is 164 Å². The van der Waals surface area contributed by atoms with Gasteiger partial charge >= 0.3 is 12.1 Å². The number of carbonyl (C=O) groups is 2. The Balaban J connectivity index is 2.02. The molecule has 0 radical (unpaired) electrons. The van der Waals surface area contributed by atoms with E-state index >= 15 is 0 Å². The van der Waals surface area contributed by atoms with E-state index in [1.165, 1.54) is 10.4 Å². The highest BCUT2D eigenvalue weighted by Crippen LogP contribution is 2.23. The summed E-state index contributed by atoms with van der Waals surface area (Å²) in [7, 11) is -2.80. The van der Waals surface area contributed by atoms with Crippen LogP contribution >= 0.6 is 0 Å². The van der Waals surface area contributed by atoms with Crippen LogP contribution in [0, 0.1) is 5.82 Å². The Hall–Kier alpha value is -2.20. The van der Waals surface area contributed by atoms with Crippen molar-refractivity contribution in [3.8, 4) is 0 Å². The molecule has 8 nitrogen and oxygen atoms in total. The van der Waals surface area contributed by atoms with Crippen LogP contribution in [0.25, 0.3) is 0 Å². The van der Waals surface area contributed by atoms with E-state index < -0.39 is 33.5 Å². The number of sulfonamides is 1. The Morgan fingerprint density at radius 2 is 1.82 bits per heavy atom. The van der Waals surface area contributed by atoms with Gasteiger partial charge in [-0.25, -0.2) is 22.4 Å². The molecule has 0 saturated carbocycles. The normalized spacial score (nSPS) is 16.5. The first-order chi connectivity index (χ1) is 12.9. The van der Waals surface area contributed by atoms with Crippen molar-refractivity contribution in [1.82, 2.24) is 9.62 Å². The Morgan fingerprint density at radius 3 is 2.32 bits per heavy atom. The standard InChI is InChI=1S/C18H25FN2O6S/c1-18(2,3)27-17(23)20-12-7-9-21(10-8-12)28(24,25)13-5-6-14(15(19)11-13)16(22)26-4/h5-6,11-12H,7-10H2,1-4H3,(H,20,23). The summed E-state index contributed by atoms with van der Waals surface area (Å²) in [5, 5.41) is 2.73. The van der Waals surface area contributed by atoms with Crippen LogP contribution < -0.4 is 5.32 Å². The topological polar surface area (TPSA) is 102 Å². The molecule has 0 aromatic heterocycles. The maximum atomic E-state index is 14.1. The zero-order valence-electron chi connectivity index (χ0n) is 16.3. The molecule has 1 amide bonds. The van der Waals surface area contributed by atoms with Gasteiger partial charge in [0.2, 0.25) is 10.0 Å². The van der Waals surface area contributed by atoms with E-state index in [2.05, 4.69) is 10.1 Å². The Morgan fingerprint density at radius 1 is 1.21 bits per heavy atom. The number of hydrogen-bond donors (Lipinski definition) is 1. The molecule has 1 aliphatic rings. The fourth-order valence-corrected chi connectivity index (χ4v) is 4.28. The van der Waals surface area contributed by atoms with Crippen molar-refractivity contribution in [1.29, 1.82) is 0 Å². The first-order valence-corrected chi connectivity index (χ1v) is 10.3. The van der Waals surface area contributed by atoms with Gasteiger partial charge in [-0.05, 0) is 51.8 Å². The van der Waals surface area contributed by atoms with Crippen LogP contribution in [-0.2, 0) is 19.5 Å². The molecule has 0 aliphatic carbocycles. The molecule has 10 heteroatoms. The number of piperidine rings is 1. The molecular formula is C18H25FN2O6S. The minimum absolute atomic E-state index is 0.170. The van der Waals surface area contributed by atoms with Gasteiger partial charge in [0.15, 0.2) is 0 Å². The molecule has 1 aromatic carbocycles. The number of rotatable bonds is 4. The van der Waals surface area contributed by atoms with E-state index in [0.717, 1.165) is 19.2 Å². The van der Waals surface area contributed by atoms with E-state index in [4.69, 9.17) is 4.74 Å². The van der Waals surface area contributed by atoms with Crippen LogP contribution in [-0.4, -0.2) is 56.6 Å². The maximum absolute atomic E-state index is 14.1. The van der Waals surface area contributed by atoms with Crippen molar-refractivity contribution in [3.05, 3.63) is 29.6 Å². The zero-order valence-corrected chi connectivity index (χ0v) is 17.1. The van der Waals surface area contributed by atoms with Crippen LogP contribution in [0.2, 0.25) is 0 Å². The number of benzene rings is 1. The van der Waals surface area contributed by atoms with Gasteiger partial charge in [0.1, 0.15) is 11.4 Å². The fourth-order valence-electron chi connectivity index (χ4n) is 2.80. The number of esters is 1. The van der Waals surface area contributed by atoms with E-state index in [9.17, 15) is 22.4 Å². The lowest BCUT2D eigenvalue weighted by molar-refractivity contribution is 0.0488. The lowest BCUT2D eigenvalue weighted by Crippen LogP contribution is -2.47. The average Bonchev–Trinajstić information content (AvgIpc) is 2.59. The highest BCUT2D eigenvalue weighted by molar-refractivity contribution is 7.89. The van der Waals surface area contributed by atoms with E-state index in [1.54, 1.807) is 20.8 Å². The summed E-state index contributed by atoms with van der Waals surface area (Å²) in [4.78, 5) is 23.0. The summed E-state index contributed by atoms with van der Waals surface area (Å²) in [5.41, 5.74) is -0.948. The fraction of sp³-hybridized carbons (Fsp3) is 0.556. The van der Waals surface area contributed by atoms with Gasteiger partial charge in [-0.15, -0.1) is 0 Å². The van der Waals surface area contributed by atoms with Gasteiger partial charge < -0.3 is 14.8 Å². The summed E-state index contributed by atoms with van der Waals surface area (Å²) < 4.78 is 50.4. The number of amides is 1. The molecule has 1 fully saturated rings. The number of halogens is 1. The third-order valence-corrected chi connectivity index (χ3v) is 6.05. The zero-order chi connectivity index (χ0) is 21.1. The number of carbonyl (C=O) groups excluding carboxylic acids is 2. The molecule has 156 valence electrons. The van der Waals surface area contributed by atoms with Crippen molar-refractivity contribution < 1.29 is 31.9 Å². The van der Waals surface area contributed by atoms with Crippen molar-refractivity contribution in [3.63, 3.8) is 0 Å². The van der Waals surface area contributed by atoms with Crippen molar-refractivity contribution in [2.45, 2.75) is 50.2 Å². The second-order valence-corrected chi connectivity index (χ2v) is 9.40. The minimum atomic E-state index is -3.92. The summed E-state index contributed by atoms with van der Waals surface area (Å²) in [5.74, 6) is -1.84. The highest BCUT2D eigenvalue weighted by atomic mass is 32.2. The summed E-state index contributed by atoms with van der Waals surface area (Å²) >= 11 is 0. The number of methoxy groups -OCH3 is 1. The first kappa shape index (κ1) is 22.1. The summed E-state index contributed by atoms with van der Waals surface area (Å²) in [6, 6.07) is 2.87. The molecule has 1 N–H and O–H groups in total. The van der Waals surface area contributed by atoms with Crippen molar-refractivity contribution in [2.24, 2.45) is 0 Å². The van der Waals surface area contributed by atoms with Gasteiger partial charge in [0.25, 0.3) is 0 Å². The number of nitrogens with one attached hydrogen (secondary N) is 1. The van der Waals surface area contributed by atoms with Gasteiger partial charge in [-0.3, -0.25) is 0 Å². The largest absolute Gasteiger partial charge is 0.465 e. The van der Waals surface area contributed by atoms with Gasteiger partial charge in [-0.1, -0.05) is 0 Å². The quantitative estimate of drug-likeness (QED) is 0.756. The molecule has 0 atom stereocenters. The molecule has 1 heterocycles. The van der Waals surface area contributed by atoms with E-state index in [1.807, 2.05) is 0 Å². The van der Waals surface area contributed by atoms with E-state index in [-0.39, 0.29) is 29.6 Å². The Kier molecular flexibility index (Phi) is 6.66. The van der Waals surface area contributed by atoms with Crippen LogP contribution in [0.1, 0.15) is 44.0 Å². The lowest BCUT2D eigenvalue weighted by atomic mass is 10.1. The second-order valence-electron chi connectivity index (χ2n) is 7.46. The van der Waals surface area contributed by atoms with Crippen molar-refractivity contribution >= 4 is 22.1 Å². The molecule has 1 saturated heterocycles. The second kappa shape index (κ2) is 8.44. The predicted molar refractivity (Wildman–Crippen MR) is 98.9 cm³/mol. The smallest absolute Gasteiger partial charge is 0.407 e. The SMILES string of the molecule is COC(=O)c1ccc(S(=O)(=O)N2CCC(NC(=O)OC(C)(C)C)CC2)cc1F. The van der Waals surface area contributed by atoms with Gasteiger partial charge in [0, 0.05) is 19.1 Å². The molecule has 1 aliphatic heterocycles. The monoisotopic (exact) mass is 416 g/mol. The number of ether oxygens (including phenoxy) is 2. The molecule has 2 rings (SSSR count). The lowest BCUT2D eigenvalue weighted by Gasteiger charge is -2.32. The van der Waals surface area contributed by atoms with Gasteiger partial charge in [-0.2, -0.15) is 4.31 Å². The molecule has 1 aromatic rings. The molecule has 0 spiro atoms. The summed E-state index contributed by atoms with van der Waals surface area (Å²) in [6.07, 6.45) is 0.261. The number of nitrogens with zero attached hydrogens (tertiary/aromatic N) is 1. The Bertz CT molecular complexity index is 842. The maximum Gasteiger partial charge on any atom is 0.407 e. The molecular weight excluding hydrogens is 391 g/mol. The third-order valence-electron chi connectivity index (χ3n) is 4.16. The average molecular weight is 416 g/mol. The van der Waals surface area contributed by atoms with Crippen LogP contribution in [0.3, 0.4) is 0 Å². The minimum Gasteiger partial charge on any atom is -0.465 e.